The van der Waals surface area contributed by atoms with E-state index in [1.165, 1.54) is 16.0 Å². The van der Waals surface area contributed by atoms with Crippen molar-refractivity contribution in [3.05, 3.63) is 40.9 Å². The molecule has 1 aromatic heterocycles. The lowest BCUT2D eigenvalue weighted by Gasteiger charge is -2.31. The number of nitrogens with one attached hydrogen (secondary N) is 1. The maximum absolute atomic E-state index is 4.58. The van der Waals surface area contributed by atoms with Crippen LogP contribution >= 0.6 is 23.7 Å². The van der Waals surface area contributed by atoms with Gasteiger partial charge in [0.1, 0.15) is 5.01 Å². The molecule has 2 aromatic rings. The van der Waals surface area contributed by atoms with Crippen LogP contribution in [-0.4, -0.2) is 35.6 Å². The van der Waals surface area contributed by atoms with Gasteiger partial charge in [-0.15, -0.1) is 23.7 Å². The summed E-state index contributed by atoms with van der Waals surface area (Å²) in [5.74, 6) is 0. The van der Waals surface area contributed by atoms with Crippen LogP contribution in [0.25, 0.3) is 10.6 Å². The summed E-state index contributed by atoms with van der Waals surface area (Å²) in [4.78, 5) is 8.44. The molecular weight excluding hydrogens is 302 g/mol. The van der Waals surface area contributed by atoms with Gasteiger partial charge in [-0.05, 0) is 13.8 Å². The Hall–Kier alpha value is -0.940. The molecule has 0 aliphatic carbocycles. The summed E-state index contributed by atoms with van der Waals surface area (Å²) in [6.45, 7) is 8.72. The first-order chi connectivity index (χ1) is 9.70. The average molecular weight is 324 g/mol. The predicted octanol–water partition coefficient (Wildman–Crippen LogP) is 3.33. The van der Waals surface area contributed by atoms with Gasteiger partial charge < -0.3 is 5.32 Å². The molecular formula is C16H22ClN3S. The van der Waals surface area contributed by atoms with Crippen molar-refractivity contribution in [3.8, 4) is 10.6 Å². The molecule has 1 N–H and O–H groups in total. The first-order valence-corrected chi connectivity index (χ1v) is 8.00. The Labute approximate surface area is 136 Å². The van der Waals surface area contributed by atoms with E-state index in [-0.39, 0.29) is 12.4 Å². The molecule has 0 unspecified atom stereocenters. The molecule has 1 saturated heterocycles. The molecule has 0 saturated carbocycles. The summed E-state index contributed by atoms with van der Waals surface area (Å²) in [5, 5.41) is 4.61. The van der Waals surface area contributed by atoms with Crippen LogP contribution in [0.2, 0.25) is 0 Å². The number of halogens is 1. The number of piperazine rings is 1. The number of hydrogen-bond donors (Lipinski definition) is 1. The molecule has 2 heterocycles. The number of thiazole rings is 1. The number of nitrogens with zero attached hydrogens (tertiary/aromatic N) is 2. The normalized spacial score (nSPS) is 19.2. The van der Waals surface area contributed by atoms with Crippen LogP contribution in [-0.2, 0) is 6.54 Å². The van der Waals surface area contributed by atoms with E-state index in [1.807, 2.05) is 17.5 Å². The number of rotatable bonds is 3. The third-order valence-electron chi connectivity index (χ3n) is 3.68. The second kappa shape index (κ2) is 7.36. The monoisotopic (exact) mass is 323 g/mol. The highest BCUT2D eigenvalue weighted by Gasteiger charge is 2.16. The van der Waals surface area contributed by atoms with Gasteiger partial charge in [0, 0.05) is 48.9 Å². The average Bonchev–Trinajstić information content (AvgIpc) is 2.88. The Morgan fingerprint density at radius 1 is 1.33 bits per heavy atom. The minimum atomic E-state index is 0. The lowest BCUT2D eigenvalue weighted by atomic mass is 10.2. The highest BCUT2D eigenvalue weighted by atomic mass is 35.5. The van der Waals surface area contributed by atoms with Gasteiger partial charge in [-0.1, -0.05) is 29.8 Å². The minimum Gasteiger partial charge on any atom is -0.312 e. The van der Waals surface area contributed by atoms with Crippen molar-refractivity contribution >= 4 is 23.7 Å². The molecule has 1 aliphatic rings. The number of benzene rings is 1. The quantitative estimate of drug-likeness (QED) is 0.939. The lowest BCUT2D eigenvalue weighted by Crippen LogP contribution is -2.48. The zero-order valence-electron chi connectivity index (χ0n) is 12.5. The molecule has 21 heavy (non-hydrogen) atoms. The van der Waals surface area contributed by atoms with Gasteiger partial charge in [0.05, 0.1) is 0 Å². The van der Waals surface area contributed by atoms with E-state index in [2.05, 4.69) is 53.3 Å². The number of aromatic nitrogens is 1. The highest BCUT2D eigenvalue weighted by molar-refractivity contribution is 7.15. The second-order valence-electron chi connectivity index (χ2n) is 5.59. The van der Waals surface area contributed by atoms with Crippen LogP contribution in [0, 0.1) is 6.92 Å². The predicted molar refractivity (Wildman–Crippen MR) is 92.3 cm³/mol. The summed E-state index contributed by atoms with van der Waals surface area (Å²) in [6.07, 6.45) is 2.03. The topological polar surface area (TPSA) is 28.2 Å². The van der Waals surface area contributed by atoms with Crippen molar-refractivity contribution in [3.63, 3.8) is 0 Å². The summed E-state index contributed by atoms with van der Waals surface area (Å²) < 4.78 is 0. The minimum absolute atomic E-state index is 0. The van der Waals surface area contributed by atoms with E-state index in [9.17, 15) is 0 Å². The molecule has 0 spiro atoms. The van der Waals surface area contributed by atoms with Crippen molar-refractivity contribution in [2.24, 2.45) is 0 Å². The van der Waals surface area contributed by atoms with Crippen LogP contribution in [0.3, 0.4) is 0 Å². The van der Waals surface area contributed by atoms with E-state index in [0.717, 1.165) is 31.2 Å². The van der Waals surface area contributed by atoms with Crippen molar-refractivity contribution in [2.45, 2.75) is 26.4 Å². The highest BCUT2D eigenvalue weighted by Crippen LogP contribution is 2.26. The zero-order valence-corrected chi connectivity index (χ0v) is 14.1. The van der Waals surface area contributed by atoms with E-state index in [1.54, 1.807) is 0 Å². The van der Waals surface area contributed by atoms with E-state index in [4.69, 9.17) is 0 Å². The van der Waals surface area contributed by atoms with E-state index in [0.29, 0.717) is 6.04 Å². The van der Waals surface area contributed by atoms with E-state index >= 15 is 0 Å². The Morgan fingerprint density at radius 3 is 2.81 bits per heavy atom. The zero-order chi connectivity index (χ0) is 13.9. The SMILES string of the molecule is Cc1ccc(-c2ncc(CN3CCN[C@@H](C)C3)s2)cc1.Cl. The molecule has 5 heteroatoms. The number of aryl methyl sites for hydroxylation is 1. The van der Waals surface area contributed by atoms with Crippen molar-refractivity contribution in [1.82, 2.24) is 15.2 Å². The summed E-state index contributed by atoms with van der Waals surface area (Å²) >= 11 is 1.81. The van der Waals surface area contributed by atoms with Crippen molar-refractivity contribution in [1.29, 1.82) is 0 Å². The molecule has 0 bridgehead atoms. The lowest BCUT2D eigenvalue weighted by molar-refractivity contribution is 0.201. The van der Waals surface area contributed by atoms with Gasteiger partial charge in [0.25, 0.3) is 0 Å². The van der Waals surface area contributed by atoms with Crippen LogP contribution in [0.4, 0.5) is 0 Å². The first-order valence-electron chi connectivity index (χ1n) is 7.18. The van der Waals surface area contributed by atoms with Crippen LogP contribution < -0.4 is 5.32 Å². The third-order valence-corrected chi connectivity index (χ3v) is 4.72. The van der Waals surface area contributed by atoms with E-state index < -0.39 is 0 Å². The molecule has 1 fully saturated rings. The summed E-state index contributed by atoms with van der Waals surface area (Å²) in [6, 6.07) is 9.20. The van der Waals surface area contributed by atoms with Gasteiger partial charge in [-0.25, -0.2) is 4.98 Å². The Bertz CT molecular complexity index is 567. The molecule has 1 aliphatic heterocycles. The second-order valence-corrected chi connectivity index (χ2v) is 6.70. The Kier molecular flexibility index (Phi) is 5.76. The van der Waals surface area contributed by atoms with Gasteiger partial charge in [-0.2, -0.15) is 0 Å². The summed E-state index contributed by atoms with van der Waals surface area (Å²) in [7, 11) is 0. The van der Waals surface area contributed by atoms with Gasteiger partial charge >= 0.3 is 0 Å². The molecule has 0 radical (unpaired) electrons. The van der Waals surface area contributed by atoms with Crippen LogP contribution in [0.15, 0.2) is 30.5 Å². The molecule has 1 atom stereocenters. The third kappa shape index (κ3) is 4.27. The van der Waals surface area contributed by atoms with Crippen molar-refractivity contribution < 1.29 is 0 Å². The van der Waals surface area contributed by atoms with Crippen molar-refractivity contribution in [2.75, 3.05) is 19.6 Å². The fourth-order valence-electron chi connectivity index (χ4n) is 2.59. The molecule has 1 aromatic carbocycles. The Balaban J connectivity index is 0.00000161. The fourth-order valence-corrected chi connectivity index (χ4v) is 3.55. The first kappa shape index (κ1) is 16.4. The molecule has 3 rings (SSSR count). The Morgan fingerprint density at radius 2 is 2.10 bits per heavy atom. The van der Waals surface area contributed by atoms with Gasteiger partial charge in [0.15, 0.2) is 0 Å². The molecule has 114 valence electrons. The fraction of sp³-hybridized carbons (Fsp3) is 0.438. The standard InChI is InChI=1S/C16H21N3S.ClH/c1-12-3-5-14(6-4-12)16-18-9-15(20-16)11-19-8-7-17-13(2)10-19;/h3-6,9,13,17H,7-8,10-11H2,1-2H3;1H/t13-;/m0./s1. The van der Waals surface area contributed by atoms with Gasteiger partial charge in [0.2, 0.25) is 0 Å². The summed E-state index contributed by atoms with van der Waals surface area (Å²) in [5.41, 5.74) is 2.51. The smallest absolute Gasteiger partial charge is 0.123 e. The molecule has 3 nitrogen and oxygen atoms in total. The van der Waals surface area contributed by atoms with Crippen LogP contribution in [0.5, 0.6) is 0 Å². The maximum Gasteiger partial charge on any atom is 0.123 e. The largest absolute Gasteiger partial charge is 0.312 e. The number of hydrogen-bond acceptors (Lipinski definition) is 4. The van der Waals surface area contributed by atoms with Gasteiger partial charge in [-0.3, -0.25) is 4.90 Å². The maximum atomic E-state index is 4.58. The van der Waals surface area contributed by atoms with Crippen LogP contribution in [0.1, 0.15) is 17.4 Å². The molecule has 0 amide bonds.